The summed E-state index contributed by atoms with van der Waals surface area (Å²) >= 11 is 0. The molecular weight excluding hydrogens is 532 g/mol. The van der Waals surface area contributed by atoms with Crippen molar-refractivity contribution >= 4 is 11.9 Å². The lowest BCUT2D eigenvalue weighted by Gasteiger charge is -2.33. The molecule has 0 atom stereocenters. The van der Waals surface area contributed by atoms with Crippen molar-refractivity contribution in [1.82, 2.24) is 0 Å². The van der Waals surface area contributed by atoms with Crippen molar-refractivity contribution in [3.8, 4) is 33.4 Å². The van der Waals surface area contributed by atoms with Crippen molar-refractivity contribution in [3.63, 3.8) is 0 Å². The molecule has 4 nitrogen and oxygen atoms in total. The Balaban J connectivity index is 1.57. The van der Waals surface area contributed by atoms with Crippen LogP contribution in [-0.2, 0) is 24.5 Å². The fourth-order valence-corrected chi connectivity index (χ4v) is 6.26. The zero-order valence-electron chi connectivity index (χ0n) is 24.9. The van der Waals surface area contributed by atoms with Crippen LogP contribution in [0.25, 0.3) is 33.4 Å². The van der Waals surface area contributed by atoms with Gasteiger partial charge in [0.05, 0.1) is 13.2 Å². The average Bonchev–Trinajstić information content (AvgIpc) is 3.31. The molecule has 5 rings (SSSR count). The molecule has 4 aromatic rings. The molecule has 0 spiro atoms. The van der Waals surface area contributed by atoms with Crippen molar-refractivity contribution in [2.24, 2.45) is 0 Å². The van der Waals surface area contributed by atoms with E-state index in [9.17, 15) is 9.59 Å². The zero-order chi connectivity index (χ0) is 30.1. The van der Waals surface area contributed by atoms with E-state index in [4.69, 9.17) is 9.47 Å². The standard InChI is InChI=1S/C39H38O4/c1-3-13-37(40)42-25-11-23-39(24-12-26-43-38(41)14-4-2)35-21-19-31(29-15-7-5-8-16-29)27-33(35)34-28-32(20-22-36(34)39)30-17-9-6-10-18-30/h3-10,13-22,27-28H,11-12,23-26H2,1-2H3. The average molecular weight is 571 g/mol. The third-order valence-corrected chi connectivity index (χ3v) is 8.16. The van der Waals surface area contributed by atoms with Crippen molar-refractivity contribution < 1.29 is 19.1 Å². The summed E-state index contributed by atoms with van der Waals surface area (Å²) in [5, 5.41) is 0. The van der Waals surface area contributed by atoms with Gasteiger partial charge in [-0.25, -0.2) is 9.59 Å². The maximum absolute atomic E-state index is 12.0. The summed E-state index contributed by atoms with van der Waals surface area (Å²) in [5.41, 5.74) is 9.38. The topological polar surface area (TPSA) is 52.6 Å². The summed E-state index contributed by atoms with van der Waals surface area (Å²) in [5.74, 6) is -0.640. The fourth-order valence-electron chi connectivity index (χ4n) is 6.26. The smallest absolute Gasteiger partial charge is 0.330 e. The van der Waals surface area contributed by atoms with E-state index in [0.717, 1.165) is 12.8 Å². The predicted octanol–water partition coefficient (Wildman–Crippen LogP) is 9.09. The molecule has 0 amide bonds. The zero-order valence-corrected chi connectivity index (χ0v) is 24.9. The monoisotopic (exact) mass is 570 g/mol. The Labute approximate surface area is 254 Å². The number of allylic oxidation sites excluding steroid dienone is 2. The van der Waals surface area contributed by atoms with E-state index in [1.807, 2.05) is 12.1 Å². The number of benzene rings is 4. The molecule has 0 aromatic heterocycles. The van der Waals surface area contributed by atoms with E-state index in [1.54, 1.807) is 26.0 Å². The number of carbonyl (C=O) groups is 2. The Bertz CT molecular complexity index is 1490. The molecule has 218 valence electrons. The Morgan fingerprint density at radius 2 is 1.00 bits per heavy atom. The molecule has 0 aliphatic heterocycles. The number of hydrogen-bond acceptors (Lipinski definition) is 4. The van der Waals surface area contributed by atoms with Gasteiger partial charge in [-0.2, -0.15) is 0 Å². The highest BCUT2D eigenvalue weighted by Gasteiger charge is 2.42. The van der Waals surface area contributed by atoms with Gasteiger partial charge in [-0.15, -0.1) is 0 Å². The molecule has 0 fully saturated rings. The molecule has 1 aliphatic carbocycles. The van der Waals surface area contributed by atoms with Crippen molar-refractivity contribution in [2.75, 3.05) is 13.2 Å². The lowest BCUT2D eigenvalue weighted by atomic mass is 9.71. The normalized spacial score (nSPS) is 13.2. The van der Waals surface area contributed by atoms with Crippen LogP contribution in [0.2, 0.25) is 0 Å². The molecule has 1 aliphatic rings. The molecule has 43 heavy (non-hydrogen) atoms. The largest absolute Gasteiger partial charge is 0.463 e. The Morgan fingerprint density at radius 3 is 1.40 bits per heavy atom. The second kappa shape index (κ2) is 14.0. The van der Waals surface area contributed by atoms with Gasteiger partial charge in [0.25, 0.3) is 0 Å². The van der Waals surface area contributed by atoms with Gasteiger partial charge in [0.2, 0.25) is 0 Å². The van der Waals surface area contributed by atoms with Crippen molar-refractivity contribution in [3.05, 3.63) is 132 Å². The quantitative estimate of drug-likeness (QED) is 0.0968. The van der Waals surface area contributed by atoms with Gasteiger partial charge < -0.3 is 9.47 Å². The van der Waals surface area contributed by atoms with Crippen LogP contribution in [0.3, 0.4) is 0 Å². The molecule has 0 N–H and O–H groups in total. The van der Waals surface area contributed by atoms with Crippen LogP contribution in [0.4, 0.5) is 0 Å². The van der Waals surface area contributed by atoms with Crippen LogP contribution in [0.15, 0.2) is 121 Å². The van der Waals surface area contributed by atoms with Gasteiger partial charge >= 0.3 is 11.9 Å². The molecule has 0 heterocycles. The van der Waals surface area contributed by atoms with E-state index in [0.29, 0.717) is 26.1 Å². The molecule has 0 unspecified atom stereocenters. The van der Waals surface area contributed by atoms with Gasteiger partial charge in [0.15, 0.2) is 0 Å². The SMILES string of the molecule is CC=CC(=O)OCCCC1(CCCOC(=O)C=CC)c2ccc(-c3ccccc3)cc2-c2cc(-c3ccccc3)ccc21. The van der Waals surface area contributed by atoms with Crippen LogP contribution < -0.4 is 0 Å². The minimum atomic E-state index is -0.320. The molecule has 0 saturated heterocycles. The number of carbonyl (C=O) groups excluding carboxylic acids is 2. The highest BCUT2D eigenvalue weighted by Crippen LogP contribution is 2.55. The summed E-state index contributed by atoms with van der Waals surface area (Å²) < 4.78 is 11.0. The first-order chi connectivity index (χ1) is 21.1. The van der Waals surface area contributed by atoms with E-state index in [-0.39, 0.29) is 17.4 Å². The Hall–Kier alpha value is -4.70. The Morgan fingerprint density at radius 1 is 0.581 bits per heavy atom. The number of hydrogen-bond donors (Lipinski definition) is 0. The third kappa shape index (κ3) is 6.70. The van der Waals surface area contributed by atoms with Crippen LogP contribution >= 0.6 is 0 Å². The maximum Gasteiger partial charge on any atom is 0.330 e. The van der Waals surface area contributed by atoms with Crippen molar-refractivity contribution in [1.29, 1.82) is 0 Å². The van der Waals surface area contributed by atoms with Crippen LogP contribution in [-0.4, -0.2) is 25.2 Å². The van der Waals surface area contributed by atoms with Crippen LogP contribution in [0, 0.1) is 0 Å². The van der Waals surface area contributed by atoms with E-state index in [2.05, 4.69) is 84.9 Å². The van der Waals surface area contributed by atoms with Gasteiger partial charge in [0.1, 0.15) is 0 Å². The minimum absolute atomic E-state index is 0.310. The van der Waals surface area contributed by atoms with Gasteiger partial charge in [-0.3, -0.25) is 0 Å². The molecule has 4 heteroatoms. The van der Waals surface area contributed by atoms with E-state index < -0.39 is 0 Å². The maximum atomic E-state index is 12.0. The molecule has 0 radical (unpaired) electrons. The first kappa shape index (κ1) is 29.8. The number of esters is 2. The second-order valence-corrected chi connectivity index (χ2v) is 10.9. The first-order valence-electron chi connectivity index (χ1n) is 15.0. The lowest BCUT2D eigenvalue weighted by Crippen LogP contribution is -2.27. The van der Waals surface area contributed by atoms with Crippen LogP contribution in [0.5, 0.6) is 0 Å². The third-order valence-electron chi connectivity index (χ3n) is 8.16. The van der Waals surface area contributed by atoms with Crippen LogP contribution in [0.1, 0.15) is 50.7 Å². The lowest BCUT2D eigenvalue weighted by molar-refractivity contribution is -0.138. The number of ether oxygens (including phenoxy) is 2. The Kier molecular flexibility index (Phi) is 9.68. The summed E-state index contributed by atoms with van der Waals surface area (Å²) in [6.45, 7) is 4.30. The van der Waals surface area contributed by atoms with Gasteiger partial charge in [-0.05, 0) is 96.2 Å². The first-order valence-corrected chi connectivity index (χ1v) is 15.0. The second-order valence-electron chi connectivity index (χ2n) is 10.9. The minimum Gasteiger partial charge on any atom is -0.463 e. The van der Waals surface area contributed by atoms with Crippen molar-refractivity contribution in [2.45, 2.75) is 44.9 Å². The van der Waals surface area contributed by atoms with Gasteiger partial charge in [0, 0.05) is 17.6 Å². The molecule has 4 aromatic carbocycles. The van der Waals surface area contributed by atoms with E-state index in [1.165, 1.54) is 56.7 Å². The highest BCUT2D eigenvalue weighted by molar-refractivity contribution is 5.87. The molecule has 0 saturated carbocycles. The summed E-state index contributed by atoms with van der Waals surface area (Å²) in [6.07, 6.45) is 9.30. The highest BCUT2D eigenvalue weighted by atomic mass is 16.5. The molecular formula is C39H38O4. The number of fused-ring (bicyclic) bond motifs is 3. The fraction of sp³-hybridized carbons (Fsp3) is 0.231. The summed E-state index contributed by atoms with van der Waals surface area (Å²) in [7, 11) is 0. The predicted molar refractivity (Wildman–Crippen MR) is 174 cm³/mol. The summed E-state index contributed by atoms with van der Waals surface area (Å²) in [4.78, 5) is 24.1. The van der Waals surface area contributed by atoms with E-state index >= 15 is 0 Å². The number of rotatable bonds is 12. The van der Waals surface area contributed by atoms with Gasteiger partial charge in [-0.1, -0.05) is 97.1 Å². The molecule has 0 bridgehead atoms. The summed E-state index contributed by atoms with van der Waals surface area (Å²) in [6, 6.07) is 34.5.